The summed E-state index contributed by atoms with van der Waals surface area (Å²) < 4.78 is 10.4. The van der Waals surface area contributed by atoms with Gasteiger partial charge in [-0.05, 0) is 35.9 Å². The normalized spacial score (nSPS) is 19.2. The molecule has 0 saturated heterocycles. The number of hydrogen-bond acceptors (Lipinski definition) is 9. The van der Waals surface area contributed by atoms with Crippen LogP contribution in [-0.4, -0.2) is 57.1 Å². The minimum absolute atomic E-state index is 0.0174. The molecule has 0 aromatic heterocycles. The van der Waals surface area contributed by atoms with Gasteiger partial charge < -0.3 is 41.9 Å². The van der Waals surface area contributed by atoms with E-state index >= 15 is 0 Å². The van der Waals surface area contributed by atoms with Crippen LogP contribution in [0.3, 0.4) is 0 Å². The van der Waals surface area contributed by atoms with E-state index < -0.39 is 0 Å². The van der Waals surface area contributed by atoms with Crippen molar-refractivity contribution in [3.63, 3.8) is 0 Å². The zero-order valence-corrected chi connectivity index (χ0v) is 20.1. The van der Waals surface area contributed by atoms with Crippen molar-refractivity contribution in [3.8, 4) is 0 Å². The number of rotatable bonds is 11. The number of ether oxygens (including phenoxy) is 2. The molecule has 9 heteroatoms. The Labute approximate surface area is 196 Å². The summed E-state index contributed by atoms with van der Waals surface area (Å²) in [6.45, 7) is 4.76. The molecule has 2 rings (SSSR count). The third-order valence-corrected chi connectivity index (χ3v) is 5.32. The highest BCUT2D eigenvalue weighted by Gasteiger charge is 2.24. The van der Waals surface area contributed by atoms with Crippen LogP contribution in [-0.2, 0) is 9.47 Å². The predicted octanol–water partition coefficient (Wildman–Crippen LogP) is 2.06. The molecule has 7 N–H and O–H groups in total. The van der Waals surface area contributed by atoms with Gasteiger partial charge >= 0.3 is 0 Å². The zero-order chi connectivity index (χ0) is 24.4. The van der Waals surface area contributed by atoms with Crippen molar-refractivity contribution in [1.82, 2.24) is 15.5 Å². The number of likely N-dealkylation sites (N-methyl/N-ethyl adjacent to an activating group) is 1. The summed E-state index contributed by atoms with van der Waals surface area (Å²) in [6, 6.07) is 0.0174. The van der Waals surface area contributed by atoms with E-state index in [2.05, 4.69) is 35.5 Å². The lowest BCUT2D eigenvalue weighted by Gasteiger charge is -2.32. The van der Waals surface area contributed by atoms with Crippen LogP contribution in [0.1, 0.15) is 20.3 Å². The lowest BCUT2D eigenvalue weighted by Crippen LogP contribution is -2.35. The van der Waals surface area contributed by atoms with Gasteiger partial charge in [-0.15, -0.1) is 0 Å². The highest BCUT2D eigenvalue weighted by molar-refractivity contribution is 5.96. The van der Waals surface area contributed by atoms with Crippen molar-refractivity contribution < 1.29 is 9.47 Å². The highest BCUT2D eigenvalue weighted by Crippen LogP contribution is 2.27. The molecule has 0 aliphatic carbocycles. The summed E-state index contributed by atoms with van der Waals surface area (Å²) in [4.78, 5) is 6.82. The van der Waals surface area contributed by atoms with Crippen molar-refractivity contribution in [2.75, 3.05) is 27.8 Å². The average Bonchev–Trinajstić information content (AvgIpc) is 2.79. The number of fused-ring (bicyclic) bond motifs is 1. The van der Waals surface area contributed by atoms with Crippen LogP contribution in [0.4, 0.5) is 0 Å². The Kier molecular flexibility index (Phi) is 9.96. The molecule has 33 heavy (non-hydrogen) atoms. The van der Waals surface area contributed by atoms with Crippen LogP contribution >= 0.6 is 0 Å². The first-order valence-electron chi connectivity index (χ1n) is 10.9. The number of methoxy groups -OCH3 is 2. The molecule has 0 fully saturated rings. The molecular formula is C24H37N7O2. The van der Waals surface area contributed by atoms with Gasteiger partial charge in [0.05, 0.1) is 11.7 Å². The smallest absolute Gasteiger partial charge is 0.158 e. The van der Waals surface area contributed by atoms with E-state index in [1.165, 1.54) is 6.21 Å². The van der Waals surface area contributed by atoms with Crippen molar-refractivity contribution in [2.24, 2.45) is 22.4 Å². The van der Waals surface area contributed by atoms with Gasteiger partial charge in [-0.3, -0.25) is 0 Å². The maximum Gasteiger partial charge on any atom is 0.158 e. The van der Waals surface area contributed by atoms with Crippen molar-refractivity contribution in [2.45, 2.75) is 32.6 Å². The SMILES string of the molecule is COC(CCN/C=C(\C=N)C1=CN(C)C2C=CC(N/C(N)=C/C(=C\N)C(C)C)=NC2=C1)OC. The van der Waals surface area contributed by atoms with Crippen LogP contribution < -0.4 is 22.1 Å². The van der Waals surface area contributed by atoms with Crippen molar-refractivity contribution in [1.29, 1.82) is 5.41 Å². The van der Waals surface area contributed by atoms with E-state index in [1.54, 1.807) is 20.4 Å². The van der Waals surface area contributed by atoms with Gasteiger partial charge in [0.15, 0.2) is 6.29 Å². The molecule has 0 spiro atoms. The topological polar surface area (TPSA) is 134 Å². The maximum atomic E-state index is 7.86. The number of nitrogens with zero attached hydrogens (tertiary/aromatic N) is 2. The molecule has 0 aromatic rings. The largest absolute Gasteiger partial charge is 0.404 e. The summed E-state index contributed by atoms with van der Waals surface area (Å²) >= 11 is 0. The zero-order valence-electron chi connectivity index (χ0n) is 20.1. The van der Waals surface area contributed by atoms with E-state index in [9.17, 15) is 0 Å². The minimum atomic E-state index is -0.259. The number of allylic oxidation sites excluding steroid dienone is 5. The van der Waals surface area contributed by atoms with Gasteiger partial charge in [0.1, 0.15) is 11.7 Å². The van der Waals surface area contributed by atoms with Gasteiger partial charge in [-0.1, -0.05) is 19.9 Å². The molecular weight excluding hydrogens is 418 g/mol. The first kappa shape index (κ1) is 26.0. The number of dihydropyridines is 1. The molecule has 1 unspecified atom stereocenters. The minimum Gasteiger partial charge on any atom is -0.404 e. The van der Waals surface area contributed by atoms with Crippen LogP contribution in [0.5, 0.6) is 0 Å². The van der Waals surface area contributed by atoms with Gasteiger partial charge in [0.25, 0.3) is 0 Å². The van der Waals surface area contributed by atoms with Gasteiger partial charge in [-0.2, -0.15) is 0 Å². The first-order valence-corrected chi connectivity index (χ1v) is 10.9. The van der Waals surface area contributed by atoms with E-state index in [-0.39, 0.29) is 18.2 Å². The molecule has 1 atom stereocenters. The molecule has 2 aliphatic heterocycles. The van der Waals surface area contributed by atoms with Crippen LogP contribution in [0.25, 0.3) is 0 Å². The average molecular weight is 456 g/mol. The summed E-state index contributed by atoms with van der Waals surface area (Å²) in [5, 5.41) is 14.2. The summed E-state index contributed by atoms with van der Waals surface area (Å²) in [6.07, 6.45) is 14.9. The molecule has 180 valence electrons. The Morgan fingerprint density at radius 2 is 2.06 bits per heavy atom. The molecule has 0 radical (unpaired) electrons. The molecule has 0 amide bonds. The predicted molar refractivity (Wildman–Crippen MR) is 134 cm³/mol. The second kappa shape index (κ2) is 12.7. The fraction of sp³-hybridized carbons (Fsp3) is 0.417. The molecule has 0 saturated carbocycles. The number of aliphatic imine (C=N–C) groups is 1. The number of nitrogens with two attached hydrogens (primary N) is 2. The second-order valence-corrected chi connectivity index (χ2v) is 8.05. The van der Waals surface area contributed by atoms with Crippen LogP contribution in [0, 0.1) is 11.3 Å². The summed E-state index contributed by atoms with van der Waals surface area (Å²) in [7, 11) is 5.21. The fourth-order valence-corrected chi connectivity index (χ4v) is 3.40. The van der Waals surface area contributed by atoms with Gasteiger partial charge in [0, 0.05) is 64.0 Å². The summed E-state index contributed by atoms with van der Waals surface area (Å²) in [5.41, 5.74) is 15.3. The Bertz CT molecular complexity index is 906. The molecule has 0 aromatic carbocycles. The van der Waals surface area contributed by atoms with E-state index in [0.717, 1.165) is 22.4 Å². The van der Waals surface area contributed by atoms with E-state index in [1.807, 2.05) is 37.7 Å². The first-order chi connectivity index (χ1) is 15.8. The highest BCUT2D eigenvalue weighted by atomic mass is 16.7. The fourth-order valence-electron chi connectivity index (χ4n) is 3.40. The number of nitrogens with one attached hydrogen (secondary N) is 3. The second-order valence-electron chi connectivity index (χ2n) is 8.05. The number of amidine groups is 1. The number of hydrogen-bond donors (Lipinski definition) is 5. The lowest BCUT2D eigenvalue weighted by atomic mass is 9.99. The van der Waals surface area contributed by atoms with Gasteiger partial charge in [0.2, 0.25) is 0 Å². The van der Waals surface area contributed by atoms with E-state index in [4.69, 9.17) is 31.3 Å². The monoisotopic (exact) mass is 455 g/mol. The van der Waals surface area contributed by atoms with E-state index in [0.29, 0.717) is 24.6 Å². The quantitative estimate of drug-likeness (QED) is 0.139. The maximum absolute atomic E-state index is 7.86. The molecule has 2 heterocycles. The van der Waals surface area contributed by atoms with Crippen molar-refractivity contribution in [3.05, 3.63) is 71.1 Å². The van der Waals surface area contributed by atoms with Gasteiger partial charge in [-0.25, -0.2) is 4.99 Å². The lowest BCUT2D eigenvalue weighted by molar-refractivity contribution is -0.105. The summed E-state index contributed by atoms with van der Waals surface area (Å²) in [5.74, 6) is 1.38. The Morgan fingerprint density at radius 1 is 1.33 bits per heavy atom. The third-order valence-electron chi connectivity index (χ3n) is 5.32. The molecule has 9 nitrogen and oxygen atoms in total. The van der Waals surface area contributed by atoms with Crippen molar-refractivity contribution >= 4 is 12.1 Å². The standard InChI is InChI=1S/C24H37N7O2/c1-16(2)17(12-25)11-22(27)30-23-7-6-21-20(29-23)10-18(15-31(21)3)19(13-26)14-28-9-8-24(32-4)33-5/h6-7,10-16,21,24,26,28H,8-9,25,27H2,1-5H3,(H,29,30)/b17-12+,19-14+,22-11+,26-13?. The molecule has 2 aliphatic rings. The van der Waals surface area contributed by atoms with Crippen LogP contribution in [0.15, 0.2) is 76.1 Å². The Hall–Kier alpha value is -3.30. The van der Waals surface area contributed by atoms with Crippen LogP contribution in [0.2, 0.25) is 0 Å². The Morgan fingerprint density at radius 3 is 2.67 bits per heavy atom. The third kappa shape index (κ3) is 7.37. The molecule has 0 bridgehead atoms. The Balaban J connectivity index is 2.15.